The van der Waals surface area contributed by atoms with E-state index in [2.05, 4.69) is 76.9 Å². The van der Waals surface area contributed by atoms with Crippen molar-refractivity contribution in [3.05, 3.63) is 39.5 Å². The summed E-state index contributed by atoms with van der Waals surface area (Å²) in [5, 5.41) is 0. The first-order valence-corrected chi connectivity index (χ1v) is 6.42. The van der Waals surface area contributed by atoms with Gasteiger partial charge in [0, 0.05) is 19.8 Å². The summed E-state index contributed by atoms with van der Waals surface area (Å²) in [5.41, 5.74) is 4.12. The second kappa shape index (κ2) is 6.16. The van der Waals surface area contributed by atoms with Gasteiger partial charge in [-0.25, -0.2) is 0 Å². The average molecular weight is 315 g/mol. The fourth-order valence-electron chi connectivity index (χ4n) is 1.65. The van der Waals surface area contributed by atoms with Crippen LogP contribution in [0.25, 0.3) is 0 Å². The summed E-state index contributed by atoms with van der Waals surface area (Å²) in [4.78, 5) is 2.18. The van der Waals surface area contributed by atoms with Crippen LogP contribution in [0, 0.1) is 6.92 Å². The van der Waals surface area contributed by atoms with E-state index in [1.165, 1.54) is 16.8 Å². The Morgan fingerprint density at radius 1 is 1.33 bits per heavy atom. The van der Waals surface area contributed by atoms with Gasteiger partial charge in [0.25, 0.3) is 0 Å². The van der Waals surface area contributed by atoms with Crippen molar-refractivity contribution in [3.8, 4) is 0 Å². The van der Waals surface area contributed by atoms with Crippen LogP contribution in [0.1, 0.15) is 17.5 Å². The van der Waals surface area contributed by atoms with E-state index < -0.39 is 0 Å². The molecule has 0 aromatic heterocycles. The second-order valence-corrected chi connectivity index (χ2v) is 4.65. The Morgan fingerprint density at radius 2 is 2.07 bits per heavy atom. The number of benzene rings is 1. The third kappa shape index (κ3) is 3.86. The van der Waals surface area contributed by atoms with Crippen LogP contribution in [-0.2, 0) is 6.42 Å². The Hall–Kier alpha value is -0.510. The number of nitrogens with zero attached hydrogens (tertiary/aromatic N) is 1. The molecule has 0 aliphatic carbocycles. The monoisotopic (exact) mass is 315 g/mol. The summed E-state index contributed by atoms with van der Waals surface area (Å²) in [6, 6.07) is 6.67. The Balaban J connectivity index is 2.86. The minimum Gasteiger partial charge on any atom is -0.377 e. The zero-order chi connectivity index (χ0) is 11.3. The molecule has 0 saturated heterocycles. The number of hydrogen-bond donors (Lipinski definition) is 0. The summed E-state index contributed by atoms with van der Waals surface area (Å²) in [7, 11) is 4.20. The SMILES string of the molecule is Cc1ccc(N(C)C)c(CCC=CI)c1. The van der Waals surface area contributed by atoms with Gasteiger partial charge in [-0.15, -0.1) is 0 Å². The highest BCUT2D eigenvalue weighted by Crippen LogP contribution is 2.21. The number of rotatable bonds is 4. The topological polar surface area (TPSA) is 3.24 Å². The van der Waals surface area contributed by atoms with Crippen LogP contribution in [0.4, 0.5) is 5.69 Å². The van der Waals surface area contributed by atoms with Crippen molar-refractivity contribution in [1.82, 2.24) is 0 Å². The normalized spacial score (nSPS) is 10.9. The van der Waals surface area contributed by atoms with Crippen LogP contribution in [0.3, 0.4) is 0 Å². The molecule has 0 fully saturated rings. The van der Waals surface area contributed by atoms with Crippen molar-refractivity contribution in [2.24, 2.45) is 0 Å². The minimum atomic E-state index is 1.12. The molecule has 15 heavy (non-hydrogen) atoms. The van der Waals surface area contributed by atoms with Crippen LogP contribution in [0.15, 0.2) is 28.4 Å². The summed E-state index contributed by atoms with van der Waals surface area (Å²) in [6.07, 6.45) is 4.45. The molecule has 0 heterocycles. The molecule has 1 aromatic carbocycles. The number of anilines is 1. The minimum absolute atomic E-state index is 1.12. The van der Waals surface area contributed by atoms with Crippen LogP contribution in [0.5, 0.6) is 0 Å². The van der Waals surface area contributed by atoms with E-state index in [0.717, 1.165) is 12.8 Å². The smallest absolute Gasteiger partial charge is 0.0393 e. The van der Waals surface area contributed by atoms with E-state index in [4.69, 9.17) is 0 Å². The Morgan fingerprint density at radius 3 is 2.67 bits per heavy atom. The molecular weight excluding hydrogens is 297 g/mol. The third-order valence-electron chi connectivity index (χ3n) is 2.39. The van der Waals surface area contributed by atoms with Gasteiger partial charge in [0.05, 0.1) is 0 Å². The van der Waals surface area contributed by atoms with Crippen LogP contribution in [0.2, 0.25) is 0 Å². The first kappa shape index (κ1) is 12.6. The zero-order valence-electron chi connectivity index (χ0n) is 9.63. The van der Waals surface area contributed by atoms with Gasteiger partial charge in [0.2, 0.25) is 0 Å². The molecule has 1 aromatic rings. The van der Waals surface area contributed by atoms with Crippen molar-refractivity contribution in [2.75, 3.05) is 19.0 Å². The Labute approximate surface area is 106 Å². The van der Waals surface area contributed by atoms with Crippen molar-refractivity contribution in [2.45, 2.75) is 19.8 Å². The Kier molecular flexibility index (Phi) is 5.15. The van der Waals surface area contributed by atoms with Gasteiger partial charge in [0.1, 0.15) is 0 Å². The highest BCUT2D eigenvalue weighted by Gasteiger charge is 2.03. The molecule has 2 heteroatoms. The van der Waals surface area contributed by atoms with Crippen molar-refractivity contribution < 1.29 is 0 Å². The molecule has 0 amide bonds. The first-order chi connectivity index (χ1) is 7.15. The van der Waals surface area contributed by atoms with E-state index in [9.17, 15) is 0 Å². The molecule has 0 unspecified atom stereocenters. The lowest BCUT2D eigenvalue weighted by atomic mass is 10.0. The maximum absolute atomic E-state index is 2.29. The highest BCUT2D eigenvalue weighted by molar-refractivity contribution is 14.1. The molecule has 0 atom stereocenters. The molecular formula is C13H18IN. The third-order valence-corrected chi connectivity index (χ3v) is 2.89. The molecule has 0 spiro atoms. The number of allylic oxidation sites excluding steroid dienone is 1. The lowest BCUT2D eigenvalue weighted by Gasteiger charge is -2.17. The number of aryl methyl sites for hydroxylation is 2. The predicted molar refractivity (Wildman–Crippen MR) is 77.0 cm³/mol. The summed E-state index contributed by atoms with van der Waals surface area (Å²) < 4.78 is 2.09. The van der Waals surface area contributed by atoms with Gasteiger partial charge in [-0.1, -0.05) is 46.4 Å². The van der Waals surface area contributed by atoms with Gasteiger partial charge in [-0.05, 0) is 35.5 Å². The molecule has 82 valence electrons. The van der Waals surface area contributed by atoms with Crippen LogP contribution >= 0.6 is 22.6 Å². The van der Waals surface area contributed by atoms with Gasteiger partial charge >= 0.3 is 0 Å². The quantitative estimate of drug-likeness (QED) is 0.761. The van der Waals surface area contributed by atoms with Crippen molar-refractivity contribution >= 4 is 28.3 Å². The molecule has 0 N–H and O–H groups in total. The maximum atomic E-state index is 2.29. The molecule has 0 radical (unpaired) electrons. The van der Waals surface area contributed by atoms with E-state index in [1.54, 1.807) is 0 Å². The van der Waals surface area contributed by atoms with Crippen molar-refractivity contribution in [1.29, 1.82) is 0 Å². The molecule has 0 saturated carbocycles. The molecule has 1 rings (SSSR count). The zero-order valence-corrected chi connectivity index (χ0v) is 11.8. The van der Waals surface area contributed by atoms with Crippen LogP contribution < -0.4 is 4.90 Å². The predicted octanol–water partition coefficient (Wildman–Crippen LogP) is 3.94. The van der Waals surface area contributed by atoms with Gasteiger partial charge in [0.15, 0.2) is 0 Å². The van der Waals surface area contributed by atoms with Crippen LogP contribution in [-0.4, -0.2) is 14.1 Å². The van der Waals surface area contributed by atoms with E-state index >= 15 is 0 Å². The fraction of sp³-hybridized carbons (Fsp3) is 0.385. The lowest BCUT2D eigenvalue weighted by Crippen LogP contribution is -2.11. The van der Waals surface area contributed by atoms with Gasteiger partial charge in [-0.3, -0.25) is 0 Å². The van der Waals surface area contributed by atoms with Gasteiger partial charge < -0.3 is 4.90 Å². The van der Waals surface area contributed by atoms with Crippen molar-refractivity contribution in [3.63, 3.8) is 0 Å². The molecule has 0 bridgehead atoms. The van der Waals surface area contributed by atoms with E-state index in [0.29, 0.717) is 0 Å². The summed E-state index contributed by atoms with van der Waals surface area (Å²) in [6.45, 7) is 2.15. The summed E-state index contributed by atoms with van der Waals surface area (Å²) >= 11 is 2.27. The second-order valence-electron chi connectivity index (χ2n) is 3.93. The maximum Gasteiger partial charge on any atom is 0.0393 e. The van der Waals surface area contributed by atoms with Gasteiger partial charge in [-0.2, -0.15) is 0 Å². The first-order valence-electron chi connectivity index (χ1n) is 5.17. The molecule has 0 aliphatic rings. The summed E-state index contributed by atoms with van der Waals surface area (Å²) in [5.74, 6) is 0. The Bertz CT molecular complexity index is 342. The average Bonchev–Trinajstić information content (AvgIpc) is 2.18. The highest BCUT2D eigenvalue weighted by atomic mass is 127. The molecule has 1 nitrogen and oxygen atoms in total. The van der Waals surface area contributed by atoms with E-state index in [1.807, 2.05) is 0 Å². The number of hydrogen-bond acceptors (Lipinski definition) is 1. The molecule has 0 aliphatic heterocycles. The largest absolute Gasteiger partial charge is 0.377 e. The lowest BCUT2D eigenvalue weighted by molar-refractivity contribution is 0.978. The standard InChI is InChI=1S/C13H18IN/c1-11-7-8-13(15(2)3)12(10-11)6-4-5-9-14/h5,7-10H,4,6H2,1-3H3. The fourth-order valence-corrected chi connectivity index (χ4v) is 2.01. The number of halogens is 1. The van der Waals surface area contributed by atoms with E-state index in [-0.39, 0.29) is 0 Å².